The lowest BCUT2D eigenvalue weighted by atomic mass is 9.97. The second-order valence-corrected chi connectivity index (χ2v) is 7.73. The summed E-state index contributed by atoms with van der Waals surface area (Å²) in [6.07, 6.45) is -8.84. The number of nitrogens with zero attached hydrogens (tertiary/aromatic N) is 2. The number of anilines is 1. The highest BCUT2D eigenvalue weighted by atomic mass is 31.2. The summed E-state index contributed by atoms with van der Waals surface area (Å²) < 4.78 is 75.4. The van der Waals surface area contributed by atoms with Crippen molar-refractivity contribution in [2.75, 3.05) is 12.3 Å². The van der Waals surface area contributed by atoms with E-state index in [0.29, 0.717) is 4.57 Å². The van der Waals surface area contributed by atoms with Gasteiger partial charge in [0.05, 0.1) is 12.7 Å². The van der Waals surface area contributed by atoms with Gasteiger partial charge in [-0.1, -0.05) is 0 Å². The molecule has 2 N–H and O–H groups in total. The number of aromatic nitrogens is 2. The molecule has 13 heteroatoms. The van der Waals surface area contributed by atoms with Gasteiger partial charge in [-0.2, -0.15) is 4.98 Å². The number of fused-ring (bicyclic) bond motifs is 1. The van der Waals surface area contributed by atoms with Crippen LogP contribution in [0.1, 0.15) is 20.1 Å². The van der Waals surface area contributed by atoms with Crippen molar-refractivity contribution in [3.63, 3.8) is 0 Å². The maximum absolute atomic E-state index is 14.9. The van der Waals surface area contributed by atoms with Crippen LogP contribution in [0.15, 0.2) is 17.1 Å². The number of alkyl halides is 3. The average molecular weight is 399 g/mol. The Hall–Kier alpha value is -1.46. The van der Waals surface area contributed by atoms with Crippen molar-refractivity contribution in [1.29, 1.82) is 0 Å². The first-order chi connectivity index (χ1) is 12.1. The first kappa shape index (κ1) is 19.3. The number of phosphoric ester groups is 1. The molecule has 0 spiro atoms. The summed E-state index contributed by atoms with van der Waals surface area (Å²) in [6, 6.07) is 1.18. The Kier molecular flexibility index (Phi) is 4.91. The molecule has 146 valence electrons. The maximum atomic E-state index is 14.9. The van der Waals surface area contributed by atoms with Crippen LogP contribution in [-0.2, 0) is 22.9 Å². The predicted octanol–water partition coefficient (Wildman–Crippen LogP) is 1.64. The Labute approximate surface area is 145 Å². The minimum atomic E-state index is -4.27. The number of phosphoric acid groups is 1. The quantitative estimate of drug-likeness (QED) is 0.760. The number of nitrogen functional groups attached to an aromatic ring is 1. The zero-order chi connectivity index (χ0) is 19.3. The van der Waals surface area contributed by atoms with Crippen LogP contribution < -0.4 is 11.4 Å². The summed E-state index contributed by atoms with van der Waals surface area (Å²) >= 11 is 0. The Morgan fingerprint density at radius 2 is 2.19 bits per heavy atom. The molecule has 2 fully saturated rings. The SMILES string of the molecule is CC(C)OP1(=O)OCC2(C(F)F)OC(n3ccc(N)nc3=O)C(F)C2O1. The van der Waals surface area contributed by atoms with Crippen LogP contribution in [0, 0.1) is 0 Å². The van der Waals surface area contributed by atoms with Crippen LogP contribution in [0.25, 0.3) is 0 Å². The van der Waals surface area contributed by atoms with E-state index in [1.807, 2.05) is 0 Å². The summed E-state index contributed by atoms with van der Waals surface area (Å²) in [5.74, 6) is -0.130. The van der Waals surface area contributed by atoms with E-state index in [2.05, 4.69) is 4.98 Å². The molecule has 3 rings (SSSR count). The molecule has 0 amide bonds. The van der Waals surface area contributed by atoms with Crippen molar-refractivity contribution in [3.8, 4) is 0 Å². The standard InChI is InChI=1S/C13H17F3N3O6P/c1-6(2)24-26(21)22-5-13(11(15)16)9(25-26)8(14)10(23-13)19-4-3-7(17)18-12(19)20/h3-4,6,8-11H,5H2,1-2H3,(H2,17,18,20). The van der Waals surface area contributed by atoms with E-state index in [0.717, 1.165) is 6.20 Å². The first-order valence-corrected chi connectivity index (χ1v) is 9.10. The van der Waals surface area contributed by atoms with Gasteiger partial charge in [0.25, 0.3) is 6.43 Å². The minimum Gasteiger partial charge on any atom is -0.383 e. The van der Waals surface area contributed by atoms with Crippen LogP contribution in [0.2, 0.25) is 0 Å². The monoisotopic (exact) mass is 399 g/mol. The van der Waals surface area contributed by atoms with Gasteiger partial charge in [0.15, 0.2) is 18.0 Å². The molecular formula is C13H17F3N3O6P. The topological polar surface area (TPSA) is 115 Å². The van der Waals surface area contributed by atoms with E-state index in [1.165, 1.54) is 19.9 Å². The van der Waals surface area contributed by atoms with Crippen molar-refractivity contribution in [2.24, 2.45) is 0 Å². The van der Waals surface area contributed by atoms with Crippen molar-refractivity contribution >= 4 is 13.6 Å². The van der Waals surface area contributed by atoms with Crippen molar-refractivity contribution in [3.05, 3.63) is 22.7 Å². The lowest BCUT2D eigenvalue weighted by Crippen LogP contribution is -2.55. The fourth-order valence-electron chi connectivity index (χ4n) is 2.77. The number of ether oxygens (including phenoxy) is 1. The Bertz CT molecular complexity index is 793. The lowest BCUT2D eigenvalue weighted by molar-refractivity contribution is -0.208. The van der Waals surface area contributed by atoms with E-state index < -0.39 is 56.8 Å². The maximum Gasteiger partial charge on any atom is 0.475 e. The highest BCUT2D eigenvalue weighted by Crippen LogP contribution is 2.61. The summed E-state index contributed by atoms with van der Waals surface area (Å²) in [7, 11) is -4.27. The average Bonchev–Trinajstić information content (AvgIpc) is 2.80. The molecule has 0 aromatic carbocycles. The normalized spacial score (nSPS) is 37.3. The predicted molar refractivity (Wildman–Crippen MR) is 81.3 cm³/mol. The molecule has 0 bridgehead atoms. The largest absolute Gasteiger partial charge is 0.475 e. The molecule has 3 heterocycles. The van der Waals surface area contributed by atoms with Gasteiger partial charge in [0.1, 0.15) is 11.9 Å². The first-order valence-electron chi connectivity index (χ1n) is 7.64. The van der Waals surface area contributed by atoms with Gasteiger partial charge in [-0.05, 0) is 19.9 Å². The molecule has 0 aliphatic carbocycles. The second-order valence-electron chi connectivity index (χ2n) is 6.15. The Balaban J connectivity index is 1.97. The van der Waals surface area contributed by atoms with E-state index in [9.17, 15) is 22.5 Å². The van der Waals surface area contributed by atoms with Crippen LogP contribution >= 0.6 is 7.82 Å². The molecule has 1 aromatic rings. The van der Waals surface area contributed by atoms with Crippen LogP contribution in [0.5, 0.6) is 0 Å². The fourth-order valence-corrected chi connectivity index (χ4v) is 4.39. The highest BCUT2D eigenvalue weighted by molar-refractivity contribution is 7.48. The molecule has 2 aliphatic heterocycles. The summed E-state index contributed by atoms with van der Waals surface area (Å²) in [5.41, 5.74) is 1.80. The summed E-state index contributed by atoms with van der Waals surface area (Å²) in [5, 5.41) is 0. The summed E-state index contributed by atoms with van der Waals surface area (Å²) in [4.78, 5) is 15.3. The van der Waals surface area contributed by atoms with Gasteiger partial charge in [-0.3, -0.25) is 18.1 Å². The number of hydrogen-bond acceptors (Lipinski definition) is 8. The van der Waals surface area contributed by atoms with Crippen LogP contribution in [0.4, 0.5) is 19.0 Å². The number of halogens is 3. The zero-order valence-electron chi connectivity index (χ0n) is 13.8. The fraction of sp³-hybridized carbons (Fsp3) is 0.692. The van der Waals surface area contributed by atoms with Gasteiger partial charge < -0.3 is 10.5 Å². The third-order valence-electron chi connectivity index (χ3n) is 3.91. The Morgan fingerprint density at radius 3 is 2.77 bits per heavy atom. The smallest absolute Gasteiger partial charge is 0.383 e. The van der Waals surface area contributed by atoms with E-state index in [-0.39, 0.29) is 5.82 Å². The molecular weight excluding hydrogens is 382 g/mol. The molecule has 1 aromatic heterocycles. The van der Waals surface area contributed by atoms with Gasteiger partial charge in [0, 0.05) is 6.20 Å². The molecule has 26 heavy (non-hydrogen) atoms. The minimum absolute atomic E-state index is 0.130. The van der Waals surface area contributed by atoms with E-state index in [4.69, 9.17) is 24.0 Å². The molecule has 5 unspecified atom stereocenters. The highest BCUT2D eigenvalue weighted by Gasteiger charge is 2.68. The van der Waals surface area contributed by atoms with Crippen molar-refractivity contribution in [1.82, 2.24) is 9.55 Å². The van der Waals surface area contributed by atoms with Crippen molar-refractivity contribution < 1.29 is 36.0 Å². The number of nitrogens with two attached hydrogens (primary N) is 1. The van der Waals surface area contributed by atoms with E-state index in [1.54, 1.807) is 0 Å². The molecule has 2 saturated heterocycles. The molecule has 9 nitrogen and oxygen atoms in total. The number of rotatable bonds is 4. The van der Waals surface area contributed by atoms with Gasteiger partial charge in [-0.25, -0.2) is 22.5 Å². The van der Waals surface area contributed by atoms with Gasteiger partial charge in [0.2, 0.25) is 0 Å². The molecule has 5 atom stereocenters. The zero-order valence-corrected chi connectivity index (χ0v) is 14.6. The third kappa shape index (κ3) is 3.16. The van der Waals surface area contributed by atoms with Crippen LogP contribution in [0.3, 0.4) is 0 Å². The van der Waals surface area contributed by atoms with Gasteiger partial charge in [-0.15, -0.1) is 0 Å². The van der Waals surface area contributed by atoms with Crippen molar-refractivity contribution in [2.45, 2.75) is 50.5 Å². The Morgan fingerprint density at radius 1 is 1.50 bits per heavy atom. The molecule has 2 aliphatic rings. The third-order valence-corrected chi connectivity index (χ3v) is 5.52. The molecule has 0 saturated carbocycles. The van der Waals surface area contributed by atoms with Gasteiger partial charge >= 0.3 is 13.5 Å². The molecule has 0 radical (unpaired) electrons. The number of hydrogen-bond donors (Lipinski definition) is 1. The lowest BCUT2D eigenvalue weighted by Gasteiger charge is -2.39. The van der Waals surface area contributed by atoms with Crippen LogP contribution in [-0.4, -0.2) is 46.6 Å². The second kappa shape index (κ2) is 6.61. The van der Waals surface area contributed by atoms with E-state index >= 15 is 0 Å². The summed E-state index contributed by atoms with van der Waals surface area (Å²) in [6.45, 7) is 2.09.